The van der Waals surface area contributed by atoms with Crippen LogP contribution in [0.3, 0.4) is 0 Å². The zero-order valence-corrected chi connectivity index (χ0v) is 8.32. The van der Waals surface area contributed by atoms with Crippen molar-refractivity contribution in [3.63, 3.8) is 0 Å². The number of methoxy groups -OCH3 is 1. The van der Waals surface area contributed by atoms with Crippen molar-refractivity contribution in [1.82, 2.24) is 0 Å². The van der Waals surface area contributed by atoms with Gasteiger partial charge >= 0.3 is 5.97 Å². The summed E-state index contributed by atoms with van der Waals surface area (Å²) in [5.74, 6) is 2.06. The van der Waals surface area contributed by atoms with Crippen LogP contribution in [0.2, 0.25) is 0 Å². The van der Waals surface area contributed by atoms with E-state index in [2.05, 4.69) is 4.74 Å². The number of hydrogen-bond donors (Lipinski definition) is 1. The molecule has 1 saturated heterocycles. The molecule has 3 nitrogen and oxygen atoms in total. The van der Waals surface area contributed by atoms with Gasteiger partial charge in [-0.1, -0.05) is 0 Å². The van der Waals surface area contributed by atoms with Gasteiger partial charge in [0, 0.05) is 0 Å². The smallest absolute Gasteiger partial charge is 0.325 e. The zero-order valence-electron chi connectivity index (χ0n) is 7.50. The number of nitrogens with two attached hydrogens (primary N) is 1. The van der Waals surface area contributed by atoms with Gasteiger partial charge < -0.3 is 10.5 Å². The van der Waals surface area contributed by atoms with E-state index < -0.39 is 5.54 Å². The van der Waals surface area contributed by atoms with Gasteiger partial charge in [-0.3, -0.25) is 4.79 Å². The highest BCUT2D eigenvalue weighted by Crippen LogP contribution is 2.31. The molecule has 1 fully saturated rings. The minimum Gasteiger partial charge on any atom is -0.468 e. The molecular formula is C8H15NO2S. The Kier molecular flexibility index (Phi) is 3.01. The van der Waals surface area contributed by atoms with E-state index in [-0.39, 0.29) is 11.9 Å². The Bertz CT molecular complexity index is 176. The van der Waals surface area contributed by atoms with Crippen LogP contribution in [-0.2, 0) is 9.53 Å². The highest BCUT2D eigenvalue weighted by molar-refractivity contribution is 7.99. The van der Waals surface area contributed by atoms with Crippen molar-refractivity contribution in [2.24, 2.45) is 11.7 Å². The van der Waals surface area contributed by atoms with Crippen LogP contribution in [0, 0.1) is 5.92 Å². The summed E-state index contributed by atoms with van der Waals surface area (Å²) in [5.41, 5.74) is 5.09. The van der Waals surface area contributed by atoms with Crippen molar-refractivity contribution < 1.29 is 9.53 Å². The normalized spacial score (nSPS) is 28.1. The fraction of sp³-hybridized carbons (Fsp3) is 0.875. The molecule has 1 rings (SSSR count). The minimum atomic E-state index is -0.793. The SMILES string of the molecule is COC(=O)C(C)(N)C1CCSC1. The third-order valence-corrected chi connectivity index (χ3v) is 3.57. The summed E-state index contributed by atoms with van der Waals surface area (Å²) < 4.78 is 4.65. The summed E-state index contributed by atoms with van der Waals surface area (Å²) in [6.45, 7) is 1.76. The highest BCUT2D eigenvalue weighted by atomic mass is 32.2. The molecule has 0 aromatic heterocycles. The molecule has 0 spiro atoms. The molecule has 2 N–H and O–H groups in total. The van der Waals surface area contributed by atoms with E-state index >= 15 is 0 Å². The molecule has 0 aliphatic carbocycles. The molecule has 2 atom stereocenters. The minimum absolute atomic E-state index is 0.273. The summed E-state index contributed by atoms with van der Waals surface area (Å²) in [5, 5.41) is 0. The summed E-state index contributed by atoms with van der Waals surface area (Å²) in [4.78, 5) is 11.3. The Balaban J connectivity index is 2.62. The third kappa shape index (κ3) is 1.75. The van der Waals surface area contributed by atoms with Crippen LogP contribution in [-0.4, -0.2) is 30.1 Å². The summed E-state index contributed by atoms with van der Waals surface area (Å²) in [7, 11) is 1.38. The van der Waals surface area contributed by atoms with E-state index in [1.54, 1.807) is 6.92 Å². The largest absolute Gasteiger partial charge is 0.468 e. The molecule has 0 bridgehead atoms. The molecular weight excluding hydrogens is 174 g/mol. The summed E-state index contributed by atoms with van der Waals surface area (Å²) in [6, 6.07) is 0. The first kappa shape index (κ1) is 9.86. The predicted molar refractivity (Wildman–Crippen MR) is 50.0 cm³/mol. The molecule has 4 heteroatoms. The van der Waals surface area contributed by atoms with Gasteiger partial charge in [-0.15, -0.1) is 0 Å². The fourth-order valence-corrected chi connectivity index (χ4v) is 2.81. The maximum atomic E-state index is 11.3. The van der Waals surface area contributed by atoms with Crippen LogP contribution in [0.4, 0.5) is 0 Å². The maximum Gasteiger partial charge on any atom is 0.325 e. The molecule has 70 valence electrons. The Labute approximate surface area is 77.0 Å². The summed E-state index contributed by atoms with van der Waals surface area (Å²) in [6.07, 6.45) is 1.02. The quantitative estimate of drug-likeness (QED) is 0.647. The van der Waals surface area contributed by atoms with Crippen molar-refractivity contribution in [2.45, 2.75) is 18.9 Å². The molecule has 1 aliphatic rings. The number of esters is 1. The van der Waals surface area contributed by atoms with Crippen LogP contribution in [0.15, 0.2) is 0 Å². The Morgan fingerprint density at radius 2 is 2.42 bits per heavy atom. The van der Waals surface area contributed by atoms with Crippen molar-refractivity contribution >= 4 is 17.7 Å². The second kappa shape index (κ2) is 3.66. The fourth-order valence-electron chi connectivity index (χ4n) is 1.39. The maximum absolute atomic E-state index is 11.3. The zero-order chi connectivity index (χ0) is 9.19. The van der Waals surface area contributed by atoms with Gasteiger partial charge in [-0.05, 0) is 30.8 Å². The average molecular weight is 189 g/mol. The number of rotatable bonds is 2. The molecule has 0 aromatic rings. The lowest BCUT2D eigenvalue weighted by Gasteiger charge is -2.27. The predicted octanol–water partition coefficient (Wildman–Crippen LogP) is 0.630. The highest BCUT2D eigenvalue weighted by Gasteiger charge is 2.40. The van der Waals surface area contributed by atoms with Gasteiger partial charge in [0.05, 0.1) is 7.11 Å². The van der Waals surface area contributed by atoms with Crippen LogP contribution < -0.4 is 5.73 Å². The second-order valence-corrected chi connectivity index (χ2v) is 4.48. The van der Waals surface area contributed by atoms with Crippen molar-refractivity contribution in [1.29, 1.82) is 0 Å². The van der Waals surface area contributed by atoms with Crippen molar-refractivity contribution in [3.8, 4) is 0 Å². The van der Waals surface area contributed by atoms with Gasteiger partial charge in [0.2, 0.25) is 0 Å². The first-order valence-electron chi connectivity index (χ1n) is 4.04. The van der Waals surface area contributed by atoms with Gasteiger partial charge in [0.25, 0.3) is 0 Å². The van der Waals surface area contributed by atoms with Gasteiger partial charge in [-0.25, -0.2) is 0 Å². The topological polar surface area (TPSA) is 52.3 Å². The van der Waals surface area contributed by atoms with Crippen LogP contribution in [0.5, 0.6) is 0 Å². The lowest BCUT2D eigenvalue weighted by molar-refractivity contribution is -0.148. The van der Waals surface area contributed by atoms with E-state index in [9.17, 15) is 4.79 Å². The standard InChI is InChI=1S/C8H15NO2S/c1-8(9,7(10)11-2)6-3-4-12-5-6/h6H,3-5,9H2,1-2H3. The van der Waals surface area contributed by atoms with Gasteiger partial charge in [-0.2, -0.15) is 11.8 Å². The molecule has 1 heterocycles. The number of carbonyl (C=O) groups is 1. The van der Waals surface area contributed by atoms with Crippen LogP contribution in [0.25, 0.3) is 0 Å². The molecule has 12 heavy (non-hydrogen) atoms. The van der Waals surface area contributed by atoms with Crippen LogP contribution >= 0.6 is 11.8 Å². The monoisotopic (exact) mass is 189 g/mol. The van der Waals surface area contributed by atoms with Crippen LogP contribution in [0.1, 0.15) is 13.3 Å². The molecule has 1 aliphatic heterocycles. The first-order valence-corrected chi connectivity index (χ1v) is 5.19. The van der Waals surface area contributed by atoms with Crippen molar-refractivity contribution in [2.75, 3.05) is 18.6 Å². The lowest BCUT2D eigenvalue weighted by Crippen LogP contribution is -2.52. The molecule has 2 unspecified atom stereocenters. The third-order valence-electron chi connectivity index (χ3n) is 2.40. The van der Waals surface area contributed by atoms with Gasteiger partial charge in [0.1, 0.15) is 5.54 Å². The average Bonchev–Trinajstić information content (AvgIpc) is 2.55. The molecule has 0 aromatic carbocycles. The lowest BCUT2D eigenvalue weighted by atomic mass is 9.86. The molecule has 0 radical (unpaired) electrons. The second-order valence-electron chi connectivity index (χ2n) is 3.33. The van der Waals surface area contributed by atoms with E-state index in [1.807, 2.05) is 11.8 Å². The Hall–Kier alpha value is -0.220. The summed E-state index contributed by atoms with van der Waals surface area (Å²) >= 11 is 1.85. The van der Waals surface area contributed by atoms with E-state index in [0.717, 1.165) is 17.9 Å². The van der Waals surface area contributed by atoms with E-state index in [1.165, 1.54) is 7.11 Å². The number of ether oxygens (including phenoxy) is 1. The Morgan fingerprint density at radius 3 is 2.83 bits per heavy atom. The number of thioether (sulfide) groups is 1. The van der Waals surface area contributed by atoms with E-state index in [4.69, 9.17) is 5.73 Å². The van der Waals surface area contributed by atoms with E-state index in [0.29, 0.717) is 0 Å². The molecule has 0 amide bonds. The van der Waals surface area contributed by atoms with Gasteiger partial charge in [0.15, 0.2) is 0 Å². The number of carbonyl (C=O) groups excluding carboxylic acids is 1. The molecule has 0 saturated carbocycles. The van der Waals surface area contributed by atoms with Crippen molar-refractivity contribution in [3.05, 3.63) is 0 Å². The first-order chi connectivity index (χ1) is 5.59. The Morgan fingerprint density at radius 1 is 1.75 bits per heavy atom. The number of hydrogen-bond acceptors (Lipinski definition) is 4.